The van der Waals surface area contributed by atoms with Crippen LogP contribution in [0.25, 0.3) is 0 Å². The number of nitrogen functional groups attached to an aromatic ring is 1. The lowest BCUT2D eigenvalue weighted by Crippen LogP contribution is -2.26. The lowest BCUT2D eigenvalue weighted by atomic mass is 10.1. The summed E-state index contributed by atoms with van der Waals surface area (Å²) in [5.74, 6) is -0.557. The zero-order valence-electron chi connectivity index (χ0n) is 9.93. The molecule has 2 rings (SSSR count). The van der Waals surface area contributed by atoms with Crippen molar-refractivity contribution in [2.45, 2.75) is 0 Å². The number of benzene rings is 2. The molecule has 0 saturated carbocycles. The van der Waals surface area contributed by atoms with Crippen LogP contribution >= 0.6 is 0 Å². The average molecular weight is 244 g/mol. The molecule has 2 aromatic carbocycles. The summed E-state index contributed by atoms with van der Waals surface area (Å²) in [4.78, 5) is 13.6. The summed E-state index contributed by atoms with van der Waals surface area (Å²) in [5.41, 5.74) is 7.23. The molecule has 2 N–H and O–H groups in total. The fourth-order valence-corrected chi connectivity index (χ4v) is 1.65. The summed E-state index contributed by atoms with van der Waals surface area (Å²) >= 11 is 0. The molecule has 0 aromatic heterocycles. The van der Waals surface area contributed by atoms with Gasteiger partial charge in [0, 0.05) is 18.4 Å². The Bertz CT molecular complexity index is 566. The predicted molar refractivity (Wildman–Crippen MR) is 70.0 cm³/mol. The summed E-state index contributed by atoms with van der Waals surface area (Å²) in [5, 5.41) is 0. The van der Waals surface area contributed by atoms with Crippen molar-refractivity contribution >= 4 is 17.3 Å². The second-order valence-corrected chi connectivity index (χ2v) is 3.93. The Morgan fingerprint density at radius 1 is 1.11 bits per heavy atom. The Hall–Kier alpha value is -2.36. The fourth-order valence-electron chi connectivity index (χ4n) is 1.65. The number of halogens is 1. The molecule has 18 heavy (non-hydrogen) atoms. The van der Waals surface area contributed by atoms with Gasteiger partial charge in [-0.25, -0.2) is 4.39 Å². The maximum Gasteiger partial charge on any atom is 0.260 e. The number of nitrogens with two attached hydrogens (primary N) is 1. The first-order chi connectivity index (χ1) is 8.59. The normalized spacial score (nSPS) is 10.1. The maximum atomic E-state index is 12.8. The molecule has 0 heterocycles. The Balaban J connectivity index is 2.29. The van der Waals surface area contributed by atoms with Crippen LogP contribution in [0.15, 0.2) is 48.5 Å². The minimum Gasteiger partial charge on any atom is -0.398 e. The van der Waals surface area contributed by atoms with Crippen LogP contribution in [0.3, 0.4) is 0 Å². The Morgan fingerprint density at radius 2 is 1.72 bits per heavy atom. The van der Waals surface area contributed by atoms with Crippen molar-refractivity contribution in [1.29, 1.82) is 0 Å². The second kappa shape index (κ2) is 4.87. The first kappa shape index (κ1) is 12.1. The second-order valence-electron chi connectivity index (χ2n) is 3.93. The van der Waals surface area contributed by atoms with E-state index in [1.54, 1.807) is 43.4 Å². The highest BCUT2D eigenvalue weighted by atomic mass is 19.1. The molecular formula is C14H13FN2O. The van der Waals surface area contributed by atoms with Crippen LogP contribution in [-0.2, 0) is 0 Å². The highest BCUT2D eigenvalue weighted by Crippen LogP contribution is 2.19. The van der Waals surface area contributed by atoms with E-state index >= 15 is 0 Å². The number of nitrogens with zero attached hydrogens (tertiary/aromatic N) is 1. The topological polar surface area (TPSA) is 46.3 Å². The van der Waals surface area contributed by atoms with Crippen molar-refractivity contribution in [1.82, 2.24) is 0 Å². The van der Waals surface area contributed by atoms with Gasteiger partial charge in [0.1, 0.15) is 5.82 Å². The highest BCUT2D eigenvalue weighted by Gasteiger charge is 2.15. The Labute approximate surface area is 105 Å². The molecule has 0 spiro atoms. The van der Waals surface area contributed by atoms with E-state index in [0.717, 1.165) is 0 Å². The number of rotatable bonds is 2. The van der Waals surface area contributed by atoms with Gasteiger partial charge in [-0.15, -0.1) is 0 Å². The molecule has 0 aliphatic heterocycles. The van der Waals surface area contributed by atoms with Crippen LogP contribution < -0.4 is 10.6 Å². The third kappa shape index (κ3) is 2.32. The Kier molecular flexibility index (Phi) is 3.28. The molecular weight excluding hydrogens is 231 g/mol. The third-order valence-corrected chi connectivity index (χ3v) is 2.71. The van der Waals surface area contributed by atoms with E-state index in [1.807, 2.05) is 0 Å². The predicted octanol–water partition coefficient (Wildman–Crippen LogP) is 2.68. The molecule has 4 heteroatoms. The van der Waals surface area contributed by atoms with Crippen molar-refractivity contribution in [3.8, 4) is 0 Å². The molecule has 0 aliphatic rings. The summed E-state index contributed by atoms with van der Waals surface area (Å²) in [6.07, 6.45) is 0. The number of anilines is 2. The standard InChI is InChI=1S/C14H13FN2O/c1-17(11-8-6-10(15)7-9-11)14(18)12-4-2-3-5-13(12)16/h2-9H,16H2,1H3. The molecule has 3 nitrogen and oxygen atoms in total. The van der Waals surface area contributed by atoms with Crippen molar-refractivity contribution in [3.63, 3.8) is 0 Å². The number of hydrogen-bond acceptors (Lipinski definition) is 2. The first-order valence-corrected chi connectivity index (χ1v) is 5.47. The molecule has 0 radical (unpaired) electrons. The van der Waals surface area contributed by atoms with E-state index in [4.69, 9.17) is 5.73 Å². The maximum absolute atomic E-state index is 12.8. The van der Waals surface area contributed by atoms with Crippen LogP contribution in [-0.4, -0.2) is 13.0 Å². The van der Waals surface area contributed by atoms with E-state index in [9.17, 15) is 9.18 Å². The van der Waals surface area contributed by atoms with Gasteiger partial charge in [0.15, 0.2) is 0 Å². The van der Waals surface area contributed by atoms with E-state index in [0.29, 0.717) is 16.9 Å². The van der Waals surface area contributed by atoms with Gasteiger partial charge in [-0.05, 0) is 36.4 Å². The first-order valence-electron chi connectivity index (χ1n) is 5.47. The van der Waals surface area contributed by atoms with E-state index in [2.05, 4.69) is 0 Å². The van der Waals surface area contributed by atoms with Gasteiger partial charge in [-0.3, -0.25) is 4.79 Å². The summed E-state index contributed by atoms with van der Waals surface area (Å²) in [6, 6.07) is 12.6. The summed E-state index contributed by atoms with van der Waals surface area (Å²) < 4.78 is 12.8. The molecule has 0 unspecified atom stereocenters. The third-order valence-electron chi connectivity index (χ3n) is 2.71. The number of amides is 1. The summed E-state index contributed by atoms with van der Waals surface area (Å²) in [6.45, 7) is 0. The lowest BCUT2D eigenvalue weighted by molar-refractivity contribution is 0.0994. The van der Waals surface area contributed by atoms with Crippen LogP contribution in [0, 0.1) is 5.82 Å². The van der Waals surface area contributed by atoms with Crippen molar-refractivity contribution in [2.24, 2.45) is 0 Å². The van der Waals surface area contributed by atoms with Gasteiger partial charge in [0.2, 0.25) is 0 Å². The smallest absolute Gasteiger partial charge is 0.260 e. The van der Waals surface area contributed by atoms with Gasteiger partial charge in [-0.1, -0.05) is 12.1 Å². The highest BCUT2D eigenvalue weighted by molar-refractivity contribution is 6.08. The van der Waals surface area contributed by atoms with Crippen molar-refractivity contribution in [2.75, 3.05) is 17.7 Å². The zero-order valence-corrected chi connectivity index (χ0v) is 9.93. The SMILES string of the molecule is CN(C(=O)c1ccccc1N)c1ccc(F)cc1. The molecule has 0 atom stereocenters. The molecule has 92 valence electrons. The van der Waals surface area contributed by atoms with E-state index < -0.39 is 0 Å². The molecule has 0 saturated heterocycles. The quantitative estimate of drug-likeness (QED) is 0.825. The van der Waals surface area contributed by atoms with Crippen molar-refractivity contribution < 1.29 is 9.18 Å². The molecule has 0 fully saturated rings. The van der Waals surface area contributed by atoms with Crippen LogP contribution in [0.1, 0.15) is 10.4 Å². The number of hydrogen-bond donors (Lipinski definition) is 1. The van der Waals surface area contributed by atoms with Gasteiger partial charge in [0.05, 0.1) is 5.56 Å². The van der Waals surface area contributed by atoms with Gasteiger partial charge < -0.3 is 10.6 Å². The molecule has 2 aromatic rings. The average Bonchev–Trinajstić information content (AvgIpc) is 2.38. The molecule has 0 bridgehead atoms. The molecule has 0 aliphatic carbocycles. The van der Waals surface area contributed by atoms with Gasteiger partial charge in [0.25, 0.3) is 5.91 Å². The van der Waals surface area contributed by atoms with Crippen molar-refractivity contribution in [3.05, 3.63) is 59.9 Å². The van der Waals surface area contributed by atoms with Gasteiger partial charge in [-0.2, -0.15) is 0 Å². The largest absolute Gasteiger partial charge is 0.398 e. The number of carbonyl (C=O) groups excluding carboxylic acids is 1. The van der Waals surface area contributed by atoms with E-state index in [-0.39, 0.29) is 11.7 Å². The van der Waals surface area contributed by atoms with E-state index in [1.165, 1.54) is 17.0 Å². The minimum atomic E-state index is -0.334. The molecule has 1 amide bonds. The van der Waals surface area contributed by atoms with Crippen LogP contribution in [0.2, 0.25) is 0 Å². The minimum absolute atomic E-state index is 0.222. The van der Waals surface area contributed by atoms with Crippen LogP contribution in [0.5, 0.6) is 0 Å². The lowest BCUT2D eigenvalue weighted by Gasteiger charge is -2.18. The summed E-state index contributed by atoms with van der Waals surface area (Å²) in [7, 11) is 1.63. The van der Waals surface area contributed by atoms with Gasteiger partial charge >= 0.3 is 0 Å². The Morgan fingerprint density at radius 3 is 2.33 bits per heavy atom. The number of para-hydroxylation sites is 1. The zero-order chi connectivity index (χ0) is 13.1. The fraction of sp³-hybridized carbons (Fsp3) is 0.0714. The van der Waals surface area contributed by atoms with Crippen LogP contribution in [0.4, 0.5) is 15.8 Å². The number of carbonyl (C=O) groups is 1. The monoisotopic (exact) mass is 244 g/mol.